The number of aromatic nitrogens is 3. The number of anilines is 2. The van der Waals surface area contributed by atoms with Crippen molar-refractivity contribution in [3.63, 3.8) is 0 Å². The first-order chi connectivity index (χ1) is 17.0. The van der Waals surface area contributed by atoms with Gasteiger partial charge in [0, 0.05) is 62.3 Å². The van der Waals surface area contributed by atoms with Gasteiger partial charge in [-0.05, 0) is 60.2 Å². The van der Waals surface area contributed by atoms with E-state index in [1.807, 2.05) is 31.4 Å². The minimum atomic E-state index is -0.529. The third-order valence-electron chi connectivity index (χ3n) is 6.47. The number of primary amides is 1. The Labute approximate surface area is 203 Å². The first-order valence-electron chi connectivity index (χ1n) is 11.8. The summed E-state index contributed by atoms with van der Waals surface area (Å²) in [6.07, 6.45) is 8.35. The van der Waals surface area contributed by atoms with Crippen LogP contribution in [0.25, 0.3) is 10.9 Å². The number of fused-ring (bicyclic) bond motifs is 1. The zero-order chi connectivity index (χ0) is 24.4. The number of nitrogens with one attached hydrogen (secondary N) is 1. The molecular formula is C27H28N6O2. The van der Waals surface area contributed by atoms with Crippen molar-refractivity contribution in [2.24, 2.45) is 12.8 Å². The molecule has 8 nitrogen and oxygen atoms in total. The molecule has 1 aliphatic heterocycles. The summed E-state index contributed by atoms with van der Waals surface area (Å²) in [5, 5.41) is 4.52. The molecule has 1 aliphatic rings. The van der Waals surface area contributed by atoms with Crippen molar-refractivity contribution in [2.45, 2.75) is 32.2 Å². The van der Waals surface area contributed by atoms with E-state index >= 15 is 0 Å². The Kier molecular flexibility index (Phi) is 6.18. The lowest BCUT2D eigenvalue weighted by Gasteiger charge is -2.26. The number of hydrogen-bond donors (Lipinski definition) is 2. The van der Waals surface area contributed by atoms with Crippen LogP contribution < -0.4 is 16.0 Å². The highest BCUT2D eigenvalue weighted by Crippen LogP contribution is 2.23. The number of benzene rings is 1. The summed E-state index contributed by atoms with van der Waals surface area (Å²) in [6, 6.07) is 14.1. The fourth-order valence-corrected chi connectivity index (χ4v) is 4.52. The first kappa shape index (κ1) is 22.6. The molecular weight excluding hydrogens is 440 g/mol. The van der Waals surface area contributed by atoms with E-state index in [1.54, 1.807) is 11.1 Å². The molecule has 0 aliphatic carbocycles. The minimum Gasteiger partial charge on any atom is -0.380 e. The van der Waals surface area contributed by atoms with Gasteiger partial charge in [-0.1, -0.05) is 6.07 Å². The molecule has 5 rings (SSSR count). The zero-order valence-corrected chi connectivity index (χ0v) is 19.7. The predicted octanol–water partition coefficient (Wildman–Crippen LogP) is 3.79. The van der Waals surface area contributed by atoms with Gasteiger partial charge in [0.25, 0.3) is 5.91 Å². The number of rotatable bonds is 7. The van der Waals surface area contributed by atoms with Crippen molar-refractivity contribution in [2.75, 3.05) is 16.8 Å². The normalized spacial score (nSPS) is 13.9. The molecule has 1 fully saturated rings. The van der Waals surface area contributed by atoms with Crippen molar-refractivity contribution >= 4 is 34.1 Å². The number of nitrogens with two attached hydrogens (primary N) is 1. The highest BCUT2D eigenvalue weighted by atomic mass is 16.2. The summed E-state index contributed by atoms with van der Waals surface area (Å²) in [7, 11) is 2.02. The average Bonchev–Trinajstić information content (AvgIpc) is 3.23. The summed E-state index contributed by atoms with van der Waals surface area (Å²) in [5.74, 6) is -0.379. The molecule has 0 atom stereocenters. The Morgan fingerprint density at radius 3 is 2.69 bits per heavy atom. The van der Waals surface area contributed by atoms with Crippen LogP contribution in [0.4, 0.5) is 11.4 Å². The maximum absolute atomic E-state index is 12.2. The molecule has 0 saturated carbocycles. The predicted molar refractivity (Wildman–Crippen MR) is 136 cm³/mol. The molecule has 1 aromatic carbocycles. The molecule has 2 amide bonds. The van der Waals surface area contributed by atoms with Gasteiger partial charge in [-0.15, -0.1) is 0 Å². The van der Waals surface area contributed by atoms with Crippen molar-refractivity contribution < 1.29 is 9.59 Å². The second-order valence-electron chi connectivity index (χ2n) is 8.95. The van der Waals surface area contributed by atoms with E-state index in [9.17, 15) is 9.59 Å². The third kappa shape index (κ3) is 4.87. The summed E-state index contributed by atoms with van der Waals surface area (Å²) in [5.41, 5.74) is 11.3. The second-order valence-corrected chi connectivity index (χ2v) is 8.95. The molecule has 4 heterocycles. The van der Waals surface area contributed by atoms with Crippen LogP contribution in [0.5, 0.6) is 0 Å². The van der Waals surface area contributed by atoms with Gasteiger partial charge in [0.1, 0.15) is 0 Å². The quantitative estimate of drug-likeness (QED) is 0.429. The van der Waals surface area contributed by atoms with Crippen LogP contribution in [0.1, 0.15) is 46.6 Å². The van der Waals surface area contributed by atoms with Gasteiger partial charge in [0.15, 0.2) is 0 Å². The standard InChI is InChI=1S/C27H28N6O2/c1-32-11-9-19-12-18(5-8-25(19)32)15-31-24-14-21(30-17-23(24)27(28)35)13-20-6-7-22(16-29-20)33-10-3-2-4-26(33)34/h5-9,11-12,14,16-17H,2-4,10,13,15H2,1H3,(H2,28,35)(H,30,31). The number of piperidine rings is 1. The van der Waals surface area contributed by atoms with Gasteiger partial charge in [-0.25, -0.2) is 0 Å². The lowest BCUT2D eigenvalue weighted by molar-refractivity contribution is -0.119. The maximum atomic E-state index is 12.2. The SMILES string of the molecule is Cn1ccc2cc(CNc3cc(Cc4ccc(N5CCCCC5=O)cn4)ncc3C(N)=O)ccc21. The van der Waals surface area contributed by atoms with Crippen LogP contribution in [-0.2, 0) is 24.8 Å². The smallest absolute Gasteiger partial charge is 0.252 e. The fourth-order valence-electron chi connectivity index (χ4n) is 4.52. The zero-order valence-electron chi connectivity index (χ0n) is 19.7. The number of amides is 2. The highest BCUT2D eigenvalue weighted by Gasteiger charge is 2.20. The Hall–Kier alpha value is -4.20. The molecule has 35 heavy (non-hydrogen) atoms. The second kappa shape index (κ2) is 9.58. The van der Waals surface area contributed by atoms with Gasteiger partial charge in [-0.2, -0.15) is 0 Å². The Morgan fingerprint density at radius 1 is 1.06 bits per heavy atom. The number of carbonyl (C=O) groups excluding carboxylic acids is 2. The molecule has 3 N–H and O–H groups in total. The third-order valence-corrected chi connectivity index (χ3v) is 6.47. The average molecular weight is 469 g/mol. The van der Waals surface area contributed by atoms with Crippen LogP contribution in [-0.4, -0.2) is 32.9 Å². The number of pyridine rings is 2. The van der Waals surface area contributed by atoms with E-state index in [-0.39, 0.29) is 5.91 Å². The van der Waals surface area contributed by atoms with E-state index in [4.69, 9.17) is 5.73 Å². The molecule has 4 aromatic rings. The van der Waals surface area contributed by atoms with Crippen LogP contribution in [0.2, 0.25) is 0 Å². The number of nitrogens with zero attached hydrogens (tertiary/aromatic N) is 4. The summed E-state index contributed by atoms with van der Waals surface area (Å²) < 4.78 is 2.08. The maximum Gasteiger partial charge on any atom is 0.252 e. The molecule has 3 aromatic heterocycles. The topological polar surface area (TPSA) is 106 Å². The molecule has 178 valence electrons. The Balaban J connectivity index is 1.31. The monoisotopic (exact) mass is 468 g/mol. The largest absolute Gasteiger partial charge is 0.380 e. The molecule has 0 bridgehead atoms. The van der Waals surface area contributed by atoms with E-state index < -0.39 is 5.91 Å². The van der Waals surface area contributed by atoms with Crippen molar-refractivity contribution in [1.82, 2.24) is 14.5 Å². The molecule has 8 heteroatoms. The molecule has 0 unspecified atom stereocenters. The lowest BCUT2D eigenvalue weighted by atomic mass is 10.1. The van der Waals surface area contributed by atoms with Crippen LogP contribution >= 0.6 is 0 Å². The lowest BCUT2D eigenvalue weighted by Crippen LogP contribution is -2.35. The Bertz CT molecular complexity index is 1390. The van der Waals surface area contributed by atoms with Crippen molar-refractivity contribution in [3.05, 3.63) is 83.6 Å². The van der Waals surface area contributed by atoms with E-state index in [2.05, 4.69) is 44.1 Å². The van der Waals surface area contributed by atoms with E-state index in [0.717, 1.165) is 47.4 Å². The fraction of sp³-hybridized carbons (Fsp3) is 0.259. The van der Waals surface area contributed by atoms with Gasteiger partial charge in [-0.3, -0.25) is 19.6 Å². The molecule has 0 radical (unpaired) electrons. The van der Waals surface area contributed by atoms with Gasteiger partial charge >= 0.3 is 0 Å². The molecule has 1 saturated heterocycles. The van der Waals surface area contributed by atoms with Crippen LogP contribution in [0.3, 0.4) is 0 Å². The van der Waals surface area contributed by atoms with Gasteiger partial charge in [0.05, 0.1) is 23.1 Å². The highest BCUT2D eigenvalue weighted by molar-refractivity contribution is 5.98. The molecule has 0 spiro atoms. The minimum absolute atomic E-state index is 0.150. The summed E-state index contributed by atoms with van der Waals surface area (Å²) >= 11 is 0. The van der Waals surface area contributed by atoms with E-state index in [1.165, 1.54) is 11.7 Å². The van der Waals surface area contributed by atoms with Crippen LogP contribution in [0, 0.1) is 0 Å². The first-order valence-corrected chi connectivity index (χ1v) is 11.8. The number of aryl methyl sites for hydroxylation is 1. The van der Waals surface area contributed by atoms with Gasteiger partial charge < -0.3 is 20.5 Å². The Morgan fingerprint density at radius 2 is 1.91 bits per heavy atom. The van der Waals surface area contributed by atoms with Crippen molar-refractivity contribution in [1.29, 1.82) is 0 Å². The number of carbonyl (C=O) groups is 2. The van der Waals surface area contributed by atoms with Gasteiger partial charge in [0.2, 0.25) is 5.91 Å². The summed E-state index contributed by atoms with van der Waals surface area (Å²) in [6.45, 7) is 1.29. The summed E-state index contributed by atoms with van der Waals surface area (Å²) in [4.78, 5) is 34.9. The number of hydrogen-bond acceptors (Lipinski definition) is 5. The van der Waals surface area contributed by atoms with Crippen LogP contribution in [0.15, 0.2) is 61.1 Å². The van der Waals surface area contributed by atoms with Crippen molar-refractivity contribution in [3.8, 4) is 0 Å². The van der Waals surface area contributed by atoms with E-state index in [0.29, 0.717) is 30.6 Å².